The fourth-order valence-corrected chi connectivity index (χ4v) is 0.757. The van der Waals surface area contributed by atoms with Crippen LogP contribution >= 0.6 is 0 Å². The molecule has 1 aromatic rings. The predicted octanol–water partition coefficient (Wildman–Crippen LogP) is 1.06. The molecule has 0 aliphatic rings. The molecule has 1 rings (SSSR count). The van der Waals surface area contributed by atoms with Crippen LogP contribution in [0.25, 0.3) is 5.57 Å². The van der Waals surface area contributed by atoms with E-state index in [1.54, 1.807) is 0 Å². The minimum absolute atomic E-state index is 0.218. The van der Waals surface area contributed by atoms with E-state index < -0.39 is 0 Å². The fraction of sp³-hybridized carbons (Fsp3) is 0.111. The second kappa shape index (κ2) is 3.18. The molecule has 0 saturated carbocycles. The summed E-state index contributed by atoms with van der Waals surface area (Å²) >= 11 is 0. The van der Waals surface area contributed by atoms with E-state index in [0.29, 0.717) is 5.57 Å². The number of rotatable bonds is 2. The van der Waals surface area contributed by atoms with Crippen LogP contribution in [0, 0.1) is 0 Å². The normalized spacial score (nSPS) is 9.30. The molecule has 52 valence electrons. The van der Waals surface area contributed by atoms with Crippen LogP contribution in [0.15, 0.2) is 36.9 Å². The fourth-order valence-electron chi connectivity index (χ4n) is 0.757. The summed E-state index contributed by atoms with van der Waals surface area (Å²) in [6.07, 6.45) is 0. The Morgan fingerprint density at radius 2 is 1.90 bits per heavy atom. The molecule has 0 unspecified atom stereocenters. The van der Waals surface area contributed by atoms with Gasteiger partial charge in [-0.2, -0.15) is 0 Å². The summed E-state index contributed by atoms with van der Waals surface area (Å²) in [4.78, 5) is 0. The van der Waals surface area contributed by atoms with Gasteiger partial charge in [0, 0.05) is 0 Å². The highest BCUT2D eigenvalue weighted by molar-refractivity contribution is 5.63. The largest absolute Gasteiger partial charge is 0.851 e. The Kier molecular flexibility index (Phi) is 2.24. The second-order valence-electron chi connectivity index (χ2n) is 2.11. The molecule has 10 heavy (non-hydrogen) atoms. The summed E-state index contributed by atoms with van der Waals surface area (Å²) in [5.74, 6) is 0. The van der Waals surface area contributed by atoms with Crippen molar-refractivity contribution in [3.63, 3.8) is 0 Å². The molecule has 0 aliphatic carbocycles. The van der Waals surface area contributed by atoms with Gasteiger partial charge < -0.3 is 5.11 Å². The highest BCUT2D eigenvalue weighted by Crippen LogP contribution is 2.08. The smallest absolute Gasteiger partial charge is 0.0244 e. The van der Waals surface area contributed by atoms with Crippen molar-refractivity contribution in [2.75, 3.05) is 6.61 Å². The first-order chi connectivity index (χ1) is 4.84. The quantitative estimate of drug-likeness (QED) is 0.591. The topological polar surface area (TPSA) is 23.1 Å². The molecular weight excluding hydrogens is 124 g/mol. The maximum Gasteiger partial charge on any atom is -0.0244 e. The Morgan fingerprint density at radius 3 is 2.40 bits per heavy atom. The van der Waals surface area contributed by atoms with E-state index in [2.05, 4.69) is 6.58 Å². The van der Waals surface area contributed by atoms with E-state index >= 15 is 0 Å². The maximum absolute atomic E-state index is 10.3. The first-order valence-corrected chi connectivity index (χ1v) is 3.16. The number of hydrogen-bond donors (Lipinski definition) is 0. The van der Waals surface area contributed by atoms with Crippen LogP contribution < -0.4 is 5.11 Å². The molecule has 1 aromatic carbocycles. The minimum Gasteiger partial charge on any atom is -0.851 e. The van der Waals surface area contributed by atoms with Gasteiger partial charge in [0.25, 0.3) is 0 Å². The minimum atomic E-state index is -0.218. The molecule has 0 spiro atoms. The molecule has 0 heterocycles. The van der Waals surface area contributed by atoms with Crippen LogP contribution in [0.4, 0.5) is 0 Å². The van der Waals surface area contributed by atoms with Crippen molar-refractivity contribution in [1.29, 1.82) is 0 Å². The lowest BCUT2D eigenvalue weighted by atomic mass is 10.1. The Labute approximate surface area is 60.6 Å². The van der Waals surface area contributed by atoms with Gasteiger partial charge in [-0.05, 0) is 5.56 Å². The lowest BCUT2D eigenvalue weighted by molar-refractivity contribution is -0.349. The van der Waals surface area contributed by atoms with Crippen LogP contribution in [0.3, 0.4) is 0 Å². The summed E-state index contributed by atoms with van der Waals surface area (Å²) in [5.41, 5.74) is 1.60. The van der Waals surface area contributed by atoms with Crippen molar-refractivity contribution in [3.8, 4) is 0 Å². The standard InChI is InChI=1S/C9H9O/c1-8(7-10)9-5-3-2-4-6-9/h2-6H,1,7H2/q-1. The molecule has 0 atom stereocenters. The molecule has 0 radical (unpaired) electrons. The third-order valence-electron chi connectivity index (χ3n) is 1.36. The molecule has 0 aliphatic heterocycles. The van der Waals surface area contributed by atoms with Crippen molar-refractivity contribution >= 4 is 5.57 Å². The van der Waals surface area contributed by atoms with Gasteiger partial charge in [0.15, 0.2) is 0 Å². The van der Waals surface area contributed by atoms with Crippen LogP contribution in [-0.2, 0) is 0 Å². The summed E-state index contributed by atoms with van der Waals surface area (Å²) in [5, 5.41) is 10.3. The molecule has 1 nitrogen and oxygen atoms in total. The predicted molar refractivity (Wildman–Crippen MR) is 40.3 cm³/mol. The molecule has 0 N–H and O–H groups in total. The van der Waals surface area contributed by atoms with Gasteiger partial charge in [0.05, 0.1) is 0 Å². The average molecular weight is 133 g/mol. The molecule has 0 fully saturated rings. The van der Waals surface area contributed by atoms with Gasteiger partial charge in [-0.25, -0.2) is 0 Å². The highest BCUT2D eigenvalue weighted by atomic mass is 16.3. The molecule has 0 amide bonds. The van der Waals surface area contributed by atoms with Crippen molar-refractivity contribution < 1.29 is 5.11 Å². The SMILES string of the molecule is C=C(C[O-])c1ccccc1. The highest BCUT2D eigenvalue weighted by Gasteiger charge is 1.88. The molecule has 0 bridgehead atoms. The third-order valence-corrected chi connectivity index (χ3v) is 1.36. The zero-order valence-electron chi connectivity index (χ0n) is 5.71. The van der Waals surface area contributed by atoms with Crippen molar-refractivity contribution in [2.45, 2.75) is 0 Å². The van der Waals surface area contributed by atoms with Gasteiger partial charge in [-0.15, -0.1) is 6.61 Å². The third kappa shape index (κ3) is 1.45. The van der Waals surface area contributed by atoms with Gasteiger partial charge >= 0.3 is 0 Å². The zero-order chi connectivity index (χ0) is 7.40. The van der Waals surface area contributed by atoms with Crippen LogP contribution in [0.2, 0.25) is 0 Å². The lowest BCUT2D eigenvalue weighted by Crippen LogP contribution is -2.06. The Bertz CT molecular complexity index is 213. The van der Waals surface area contributed by atoms with E-state index in [-0.39, 0.29) is 6.61 Å². The van der Waals surface area contributed by atoms with Crippen molar-refractivity contribution in [1.82, 2.24) is 0 Å². The summed E-state index contributed by atoms with van der Waals surface area (Å²) in [6, 6.07) is 9.49. The Balaban J connectivity index is 2.85. The maximum atomic E-state index is 10.3. The lowest BCUT2D eigenvalue weighted by Gasteiger charge is -2.06. The van der Waals surface area contributed by atoms with E-state index in [1.807, 2.05) is 30.3 Å². The van der Waals surface area contributed by atoms with Crippen LogP contribution in [0.1, 0.15) is 5.56 Å². The van der Waals surface area contributed by atoms with E-state index in [0.717, 1.165) is 5.56 Å². The Morgan fingerprint density at radius 1 is 1.30 bits per heavy atom. The zero-order valence-corrected chi connectivity index (χ0v) is 5.71. The van der Waals surface area contributed by atoms with E-state index in [1.165, 1.54) is 0 Å². The van der Waals surface area contributed by atoms with Crippen molar-refractivity contribution in [2.24, 2.45) is 0 Å². The Hall–Kier alpha value is -1.08. The number of benzene rings is 1. The second-order valence-corrected chi connectivity index (χ2v) is 2.11. The van der Waals surface area contributed by atoms with Crippen LogP contribution in [0.5, 0.6) is 0 Å². The van der Waals surface area contributed by atoms with Gasteiger partial charge in [-0.3, -0.25) is 0 Å². The first-order valence-electron chi connectivity index (χ1n) is 3.16. The van der Waals surface area contributed by atoms with E-state index in [9.17, 15) is 5.11 Å². The molecule has 1 heteroatoms. The first kappa shape index (κ1) is 7.03. The summed E-state index contributed by atoms with van der Waals surface area (Å²) in [6.45, 7) is 3.41. The molecule has 0 saturated heterocycles. The van der Waals surface area contributed by atoms with E-state index in [4.69, 9.17) is 0 Å². The van der Waals surface area contributed by atoms with Crippen LogP contribution in [-0.4, -0.2) is 6.61 Å². The molecular formula is C9H9O-. The van der Waals surface area contributed by atoms with Gasteiger partial charge in [0.2, 0.25) is 0 Å². The average Bonchev–Trinajstić information content (AvgIpc) is 2.05. The van der Waals surface area contributed by atoms with Gasteiger partial charge in [0.1, 0.15) is 0 Å². The monoisotopic (exact) mass is 133 g/mol. The van der Waals surface area contributed by atoms with Crippen molar-refractivity contribution in [3.05, 3.63) is 42.5 Å². The molecule has 0 aromatic heterocycles. The van der Waals surface area contributed by atoms with Gasteiger partial charge in [-0.1, -0.05) is 42.5 Å². The summed E-state index contributed by atoms with van der Waals surface area (Å²) in [7, 11) is 0. The number of hydrogen-bond acceptors (Lipinski definition) is 1. The summed E-state index contributed by atoms with van der Waals surface area (Å²) < 4.78 is 0.